The molecular formula is C14H24O4. The average Bonchev–Trinajstić information content (AvgIpc) is 2.39. The van der Waals surface area contributed by atoms with Gasteiger partial charge in [0.15, 0.2) is 5.78 Å². The second-order valence-electron chi connectivity index (χ2n) is 5.07. The number of unbranched alkanes of at least 4 members (excludes halogenated alkanes) is 3. The van der Waals surface area contributed by atoms with Crippen molar-refractivity contribution >= 4 is 5.78 Å². The van der Waals surface area contributed by atoms with E-state index in [1.807, 2.05) is 6.92 Å². The molecule has 0 aromatic heterocycles. The summed E-state index contributed by atoms with van der Waals surface area (Å²) in [4.78, 5) is 16.4. The van der Waals surface area contributed by atoms with Gasteiger partial charge in [-0.05, 0) is 31.9 Å². The van der Waals surface area contributed by atoms with Gasteiger partial charge in [0.2, 0.25) is 5.79 Å². The molecule has 4 nitrogen and oxygen atoms in total. The lowest BCUT2D eigenvalue weighted by Crippen LogP contribution is -2.51. The molecule has 0 radical (unpaired) electrons. The first-order valence-corrected chi connectivity index (χ1v) is 6.78. The molecule has 0 amide bonds. The van der Waals surface area contributed by atoms with Gasteiger partial charge in [-0.25, -0.2) is 5.26 Å². The van der Waals surface area contributed by atoms with Gasteiger partial charge in [0.05, 0.1) is 0 Å². The second kappa shape index (κ2) is 6.45. The SMILES string of the molecule is CCCCCCC1(CC)OC(C)(OO)C=CC1=O. The van der Waals surface area contributed by atoms with E-state index in [9.17, 15) is 4.79 Å². The van der Waals surface area contributed by atoms with Crippen LogP contribution < -0.4 is 0 Å². The number of rotatable bonds is 7. The molecule has 4 heteroatoms. The maximum Gasteiger partial charge on any atom is 0.219 e. The summed E-state index contributed by atoms with van der Waals surface area (Å²) < 4.78 is 5.74. The smallest absolute Gasteiger partial charge is 0.219 e. The molecular weight excluding hydrogens is 232 g/mol. The Balaban J connectivity index is 2.73. The minimum absolute atomic E-state index is 0.0315. The average molecular weight is 256 g/mol. The number of hydrogen-bond acceptors (Lipinski definition) is 4. The highest BCUT2D eigenvalue weighted by molar-refractivity contribution is 5.97. The van der Waals surface area contributed by atoms with Gasteiger partial charge in [-0.3, -0.25) is 4.79 Å². The largest absolute Gasteiger partial charge is 0.329 e. The van der Waals surface area contributed by atoms with Crippen molar-refractivity contribution in [2.45, 2.75) is 70.7 Å². The number of ether oxygens (including phenoxy) is 1. The van der Waals surface area contributed by atoms with Gasteiger partial charge in [0, 0.05) is 0 Å². The number of hydrogen-bond donors (Lipinski definition) is 1. The quantitative estimate of drug-likeness (QED) is 0.430. The fourth-order valence-corrected chi connectivity index (χ4v) is 2.33. The van der Waals surface area contributed by atoms with Crippen molar-refractivity contribution in [2.75, 3.05) is 0 Å². The van der Waals surface area contributed by atoms with Crippen LogP contribution in [0.25, 0.3) is 0 Å². The van der Waals surface area contributed by atoms with Crippen LogP contribution in [0.15, 0.2) is 12.2 Å². The molecule has 1 aliphatic rings. The molecule has 0 aromatic carbocycles. The van der Waals surface area contributed by atoms with Crippen molar-refractivity contribution in [1.82, 2.24) is 0 Å². The van der Waals surface area contributed by atoms with E-state index in [1.165, 1.54) is 12.2 Å². The summed E-state index contributed by atoms with van der Waals surface area (Å²) in [6, 6.07) is 0. The Morgan fingerprint density at radius 2 is 2.06 bits per heavy atom. The highest BCUT2D eigenvalue weighted by atomic mass is 17.1. The van der Waals surface area contributed by atoms with Crippen LogP contribution in [0.1, 0.15) is 59.3 Å². The van der Waals surface area contributed by atoms with Gasteiger partial charge < -0.3 is 4.74 Å². The van der Waals surface area contributed by atoms with Crippen LogP contribution in [-0.2, 0) is 14.4 Å². The molecule has 0 saturated heterocycles. The molecule has 2 atom stereocenters. The van der Waals surface area contributed by atoms with Crippen molar-refractivity contribution in [3.63, 3.8) is 0 Å². The molecule has 1 rings (SSSR count). The van der Waals surface area contributed by atoms with E-state index in [0.29, 0.717) is 12.8 Å². The van der Waals surface area contributed by atoms with Crippen LogP contribution in [0.2, 0.25) is 0 Å². The molecule has 1 aliphatic heterocycles. The highest BCUT2D eigenvalue weighted by Crippen LogP contribution is 2.35. The molecule has 18 heavy (non-hydrogen) atoms. The number of carbonyl (C=O) groups is 1. The monoisotopic (exact) mass is 256 g/mol. The van der Waals surface area contributed by atoms with Gasteiger partial charge in [0.1, 0.15) is 5.60 Å². The van der Waals surface area contributed by atoms with Crippen LogP contribution in [0.3, 0.4) is 0 Å². The summed E-state index contributed by atoms with van der Waals surface area (Å²) in [6.45, 7) is 5.68. The molecule has 0 saturated carbocycles. The predicted octanol–water partition coefficient (Wildman–Crippen LogP) is 3.47. The van der Waals surface area contributed by atoms with E-state index in [-0.39, 0.29) is 5.78 Å². The van der Waals surface area contributed by atoms with Crippen molar-refractivity contribution in [1.29, 1.82) is 0 Å². The molecule has 0 spiro atoms. The lowest BCUT2D eigenvalue weighted by molar-refractivity contribution is -0.396. The molecule has 2 unspecified atom stereocenters. The van der Waals surface area contributed by atoms with Crippen LogP contribution in [0.5, 0.6) is 0 Å². The van der Waals surface area contributed by atoms with Crippen LogP contribution in [-0.4, -0.2) is 22.4 Å². The van der Waals surface area contributed by atoms with Gasteiger partial charge in [0.25, 0.3) is 0 Å². The first-order chi connectivity index (χ1) is 8.52. The molecule has 1 heterocycles. The Kier molecular flexibility index (Phi) is 5.50. The fraction of sp³-hybridized carbons (Fsp3) is 0.786. The van der Waals surface area contributed by atoms with E-state index < -0.39 is 11.4 Å². The third kappa shape index (κ3) is 3.40. The van der Waals surface area contributed by atoms with E-state index in [0.717, 1.165) is 25.7 Å². The summed E-state index contributed by atoms with van der Waals surface area (Å²) >= 11 is 0. The third-order valence-corrected chi connectivity index (χ3v) is 3.57. The molecule has 104 valence electrons. The molecule has 1 N–H and O–H groups in total. The number of ketones is 1. The van der Waals surface area contributed by atoms with Crippen molar-refractivity contribution < 1.29 is 19.7 Å². The summed E-state index contributed by atoms with van der Waals surface area (Å²) in [6.07, 6.45) is 8.53. The van der Waals surface area contributed by atoms with E-state index in [2.05, 4.69) is 11.8 Å². The normalized spacial score (nSPS) is 31.9. The first kappa shape index (κ1) is 15.3. The fourth-order valence-electron chi connectivity index (χ4n) is 2.33. The van der Waals surface area contributed by atoms with Crippen molar-refractivity contribution in [3.8, 4) is 0 Å². The van der Waals surface area contributed by atoms with Crippen LogP contribution in [0, 0.1) is 0 Å². The Morgan fingerprint density at radius 3 is 2.61 bits per heavy atom. The molecule has 0 fully saturated rings. The van der Waals surface area contributed by atoms with Gasteiger partial charge >= 0.3 is 0 Å². The minimum atomic E-state index is -1.21. The zero-order valence-electron chi connectivity index (χ0n) is 11.6. The lowest BCUT2D eigenvalue weighted by atomic mass is 9.86. The van der Waals surface area contributed by atoms with E-state index >= 15 is 0 Å². The van der Waals surface area contributed by atoms with Gasteiger partial charge in [-0.2, -0.15) is 4.89 Å². The Hall–Kier alpha value is -0.710. The Morgan fingerprint density at radius 1 is 1.33 bits per heavy atom. The summed E-state index contributed by atoms with van der Waals surface area (Å²) in [5, 5.41) is 8.89. The third-order valence-electron chi connectivity index (χ3n) is 3.57. The van der Waals surface area contributed by atoms with Crippen molar-refractivity contribution in [3.05, 3.63) is 12.2 Å². The lowest BCUT2D eigenvalue weighted by Gasteiger charge is -2.40. The van der Waals surface area contributed by atoms with Gasteiger partial charge in [-0.1, -0.05) is 39.5 Å². The first-order valence-electron chi connectivity index (χ1n) is 6.78. The van der Waals surface area contributed by atoms with E-state index in [4.69, 9.17) is 9.99 Å². The van der Waals surface area contributed by atoms with Crippen LogP contribution >= 0.6 is 0 Å². The predicted molar refractivity (Wildman–Crippen MR) is 69.1 cm³/mol. The Labute approximate surface area is 109 Å². The second-order valence-corrected chi connectivity index (χ2v) is 5.07. The van der Waals surface area contributed by atoms with Crippen molar-refractivity contribution in [2.24, 2.45) is 0 Å². The molecule has 0 bridgehead atoms. The summed E-state index contributed by atoms with van der Waals surface area (Å²) in [5.74, 6) is -1.25. The van der Waals surface area contributed by atoms with Crippen LogP contribution in [0.4, 0.5) is 0 Å². The molecule has 0 aliphatic carbocycles. The maximum atomic E-state index is 12.1. The zero-order chi connectivity index (χ0) is 13.6. The summed E-state index contributed by atoms with van der Waals surface area (Å²) in [7, 11) is 0. The minimum Gasteiger partial charge on any atom is -0.329 e. The summed E-state index contributed by atoms with van der Waals surface area (Å²) in [5.41, 5.74) is -0.847. The topological polar surface area (TPSA) is 55.8 Å². The highest BCUT2D eigenvalue weighted by Gasteiger charge is 2.45. The van der Waals surface area contributed by atoms with E-state index in [1.54, 1.807) is 6.92 Å². The van der Waals surface area contributed by atoms with Gasteiger partial charge in [-0.15, -0.1) is 0 Å². The maximum absolute atomic E-state index is 12.1. The molecule has 0 aromatic rings. The number of carbonyl (C=O) groups excluding carboxylic acids is 1. The Bertz CT molecular complexity index is 313. The zero-order valence-corrected chi connectivity index (χ0v) is 11.6. The standard InChI is InChI=1S/C14H24O4/c1-4-6-7-8-10-14(5-2)12(15)9-11-13(3,17-14)18-16/h9,11,16H,4-8,10H2,1-3H3.